The second-order valence-electron chi connectivity index (χ2n) is 7.15. The molecule has 1 saturated heterocycles. The summed E-state index contributed by atoms with van der Waals surface area (Å²) in [7, 11) is 3.30. The molecule has 1 aliphatic rings. The van der Waals surface area contributed by atoms with Gasteiger partial charge in [-0.05, 0) is 49.3 Å². The summed E-state index contributed by atoms with van der Waals surface area (Å²) in [5.41, 5.74) is 2.36. The summed E-state index contributed by atoms with van der Waals surface area (Å²) in [6.45, 7) is 1.72. The third-order valence-electron chi connectivity index (χ3n) is 5.45. The number of carbonyl (C=O) groups excluding carboxylic acids is 1. The van der Waals surface area contributed by atoms with Crippen LogP contribution in [-0.2, 0) is 17.6 Å². The molecular formula is C23H29NO3. The Balaban J connectivity index is 1.50. The predicted molar refractivity (Wildman–Crippen MR) is 107 cm³/mol. The predicted octanol–water partition coefficient (Wildman–Crippen LogP) is 4.12. The minimum Gasteiger partial charge on any atom is -0.496 e. The Kier molecular flexibility index (Phi) is 6.74. The molecule has 0 atom stereocenters. The molecule has 0 aliphatic carbocycles. The van der Waals surface area contributed by atoms with Crippen molar-refractivity contribution < 1.29 is 14.3 Å². The monoisotopic (exact) mass is 367 g/mol. The average Bonchev–Trinajstić information content (AvgIpc) is 2.73. The van der Waals surface area contributed by atoms with Crippen molar-refractivity contribution in [2.24, 2.45) is 5.92 Å². The number of hydrogen-bond acceptors (Lipinski definition) is 3. The van der Waals surface area contributed by atoms with Crippen LogP contribution in [0.1, 0.15) is 30.4 Å². The van der Waals surface area contributed by atoms with Crippen LogP contribution in [0.2, 0.25) is 0 Å². The molecule has 1 heterocycles. The van der Waals surface area contributed by atoms with E-state index < -0.39 is 0 Å². The Hall–Kier alpha value is -2.49. The quantitative estimate of drug-likeness (QED) is 0.739. The van der Waals surface area contributed by atoms with Gasteiger partial charge in [-0.1, -0.05) is 36.4 Å². The van der Waals surface area contributed by atoms with Crippen LogP contribution in [0, 0.1) is 5.92 Å². The molecule has 0 bridgehead atoms. The van der Waals surface area contributed by atoms with Crippen LogP contribution in [-0.4, -0.2) is 38.1 Å². The smallest absolute Gasteiger partial charge is 0.222 e. The van der Waals surface area contributed by atoms with Crippen LogP contribution in [0.4, 0.5) is 0 Å². The van der Waals surface area contributed by atoms with Crippen LogP contribution in [0.15, 0.2) is 48.5 Å². The van der Waals surface area contributed by atoms with E-state index in [2.05, 4.69) is 30.3 Å². The van der Waals surface area contributed by atoms with Gasteiger partial charge in [-0.2, -0.15) is 0 Å². The zero-order valence-electron chi connectivity index (χ0n) is 16.3. The maximum atomic E-state index is 12.7. The van der Waals surface area contributed by atoms with Crippen LogP contribution >= 0.6 is 0 Å². The van der Waals surface area contributed by atoms with Crippen LogP contribution < -0.4 is 9.47 Å². The Labute approximate surface area is 162 Å². The maximum absolute atomic E-state index is 12.7. The fraction of sp³-hybridized carbons (Fsp3) is 0.435. The van der Waals surface area contributed by atoms with Crippen molar-refractivity contribution in [1.82, 2.24) is 4.90 Å². The first-order valence-electron chi connectivity index (χ1n) is 9.73. The first kappa shape index (κ1) is 19.3. The van der Waals surface area contributed by atoms with Gasteiger partial charge in [-0.15, -0.1) is 0 Å². The lowest BCUT2D eigenvalue weighted by molar-refractivity contribution is -0.132. The molecule has 0 spiro atoms. The van der Waals surface area contributed by atoms with E-state index in [4.69, 9.17) is 9.47 Å². The van der Waals surface area contributed by atoms with E-state index >= 15 is 0 Å². The highest BCUT2D eigenvalue weighted by Gasteiger charge is 2.23. The molecule has 0 unspecified atom stereocenters. The van der Waals surface area contributed by atoms with E-state index in [1.165, 1.54) is 5.56 Å². The topological polar surface area (TPSA) is 38.8 Å². The first-order chi connectivity index (χ1) is 13.2. The van der Waals surface area contributed by atoms with Crippen molar-refractivity contribution in [3.63, 3.8) is 0 Å². The van der Waals surface area contributed by atoms with Crippen molar-refractivity contribution in [1.29, 1.82) is 0 Å². The number of piperidine rings is 1. The molecule has 1 aliphatic heterocycles. The van der Waals surface area contributed by atoms with Gasteiger partial charge >= 0.3 is 0 Å². The molecule has 27 heavy (non-hydrogen) atoms. The van der Waals surface area contributed by atoms with E-state index in [1.54, 1.807) is 14.2 Å². The highest BCUT2D eigenvalue weighted by molar-refractivity contribution is 5.76. The zero-order chi connectivity index (χ0) is 19.1. The van der Waals surface area contributed by atoms with Crippen LogP contribution in [0.25, 0.3) is 0 Å². The Bertz CT molecular complexity index is 714. The standard InChI is InChI=1S/C23H29NO3/c1-26-21-9-6-10-22(27-2)20(21)11-12-23(25)24-15-13-19(14-16-24)17-18-7-4-3-5-8-18/h3-10,19H,11-17H2,1-2H3. The number of benzene rings is 2. The number of likely N-dealkylation sites (tertiary alicyclic amines) is 1. The molecule has 0 radical (unpaired) electrons. The lowest BCUT2D eigenvalue weighted by atomic mass is 9.90. The van der Waals surface area contributed by atoms with Gasteiger partial charge in [0.1, 0.15) is 11.5 Å². The van der Waals surface area contributed by atoms with Gasteiger partial charge in [0.15, 0.2) is 0 Å². The third kappa shape index (κ3) is 5.03. The highest BCUT2D eigenvalue weighted by Crippen LogP contribution is 2.30. The van der Waals surface area contributed by atoms with E-state index in [9.17, 15) is 4.79 Å². The van der Waals surface area contributed by atoms with Gasteiger partial charge in [0.2, 0.25) is 5.91 Å². The number of ether oxygens (including phenoxy) is 2. The highest BCUT2D eigenvalue weighted by atomic mass is 16.5. The number of nitrogens with zero attached hydrogens (tertiary/aromatic N) is 1. The van der Waals surface area contributed by atoms with E-state index in [0.29, 0.717) is 18.8 Å². The Morgan fingerprint density at radius 3 is 2.19 bits per heavy atom. The number of rotatable bonds is 7. The lowest BCUT2D eigenvalue weighted by Crippen LogP contribution is -2.39. The molecule has 0 N–H and O–H groups in total. The van der Waals surface area contributed by atoms with Crippen molar-refractivity contribution in [3.05, 3.63) is 59.7 Å². The summed E-state index contributed by atoms with van der Waals surface area (Å²) in [6.07, 6.45) is 4.40. The van der Waals surface area contributed by atoms with Crippen LogP contribution in [0.3, 0.4) is 0 Å². The molecule has 2 aromatic rings. The molecule has 4 heteroatoms. The molecule has 1 fully saturated rings. The van der Waals surface area contributed by atoms with Gasteiger partial charge in [0.25, 0.3) is 0 Å². The molecule has 3 rings (SSSR count). The summed E-state index contributed by atoms with van der Waals surface area (Å²) >= 11 is 0. The average molecular weight is 367 g/mol. The first-order valence-corrected chi connectivity index (χ1v) is 9.73. The normalized spacial score (nSPS) is 14.8. The summed E-state index contributed by atoms with van der Waals surface area (Å²) in [5, 5.41) is 0. The van der Waals surface area contributed by atoms with Gasteiger partial charge in [0, 0.05) is 25.1 Å². The zero-order valence-corrected chi connectivity index (χ0v) is 16.3. The third-order valence-corrected chi connectivity index (χ3v) is 5.45. The number of methoxy groups -OCH3 is 2. The van der Waals surface area contributed by atoms with Gasteiger partial charge in [-0.3, -0.25) is 4.79 Å². The largest absolute Gasteiger partial charge is 0.496 e. The molecular weight excluding hydrogens is 338 g/mol. The fourth-order valence-electron chi connectivity index (χ4n) is 3.90. The molecule has 1 amide bonds. The molecule has 0 saturated carbocycles. The van der Waals surface area contributed by atoms with Crippen molar-refractivity contribution in [2.75, 3.05) is 27.3 Å². The molecule has 0 aromatic heterocycles. The van der Waals surface area contributed by atoms with Crippen molar-refractivity contribution in [3.8, 4) is 11.5 Å². The summed E-state index contributed by atoms with van der Waals surface area (Å²) in [4.78, 5) is 14.7. The second kappa shape index (κ2) is 9.45. The van der Waals surface area contributed by atoms with Crippen molar-refractivity contribution >= 4 is 5.91 Å². The van der Waals surface area contributed by atoms with Crippen LogP contribution in [0.5, 0.6) is 11.5 Å². The molecule has 4 nitrogen and oxygen atoms in total. The minimum absolute atomic E-state index is 0.223. The molecule has 2 aromatic carbocycles. The van der Waals surface area contributed by atoms with E-state index in [-0.39, 0.29) is 5.91 Å². The second-order valence-corrected chi connectivity index (χ2v) is 7.15. The number of hydrogen-bond donors (Lipinski definition) is 0. The van der Waals surface area contributed by atoms with Crippen molar-refractivity contribution in [2.45, 2.75) is 32.1 Å². The Morgan fingerprint density at radius 2 is 1.59 bits per heavy atom. The Morgan fingerprint density at radius 1 is 0.963 bits per heavy atom. The van der Waals surface area contributed by atoms with Gasteiger partial charge < -0.3 is 14.4 Å². The SMILES string of the molecule is COc1cccc(OC)c1CCC(=O)N1CCC(Cc2ccccc2)CC1. The minimum atomic E-state index is 0.223. The lowest BCUT2D eigenvalue weighted by Gasteiger charge is -2.32. The summed E-state index contributed by atoms with van der Waals surface area (Å²) < 4.78 is 10.9. The van der Waals surface area contributed by atoms with E-state index in [1.807, 2.05) is 23.1 Å². The molecule has 144 valence electrons. The van der Waals surface area contributed by atoms with Gasteiger partial charge in [0.05, 0.1) is 14.2 Å². The number of carbonyl (C=O) groups is 1. The van der Waals surface area contributed by atoms with Gasteiger partial charge in [-0.25, -0.2) is 0 Å². The fourth-order valence-corrected chi connectivity index (χ4v) is 3.90. The summed E-state index contributed by atoms with van der Waals surface area (Å²) in [6, 6.07) is 16.4. The maximum Gasteiger partial charge on any atom is 0.222 e. The number of amides is 1. The van der Waals surface area contributed by atoms with E-state index in [0.717, 1.165) is 49.4 Å². The summed E-state index contributed by atoms with van der Waals surface area (Å²) in [5.74, 6) is 2.46.